The zero-order chi connectivity index (χ0) is 9.14. The summed E-state index contributed by atoms with van der Waals surface area (Å²) in [4.78, 5) is 4.19. The third kappa shape index (κ3) is 2.22. The van der Waals surface area contributed by atoms with E-state index in [2.05, 4.69) is 31.8 Å². The molecule has 2 nitrogen and oxygen atoms in total. The third-order valence-electron chi connectivity index (χ3n) is 1.92. The van der Waals surface area contributed by atoms with Crippen LogP contribution in [0.2, 0.25) is 0 Å². The molecule has 12 heavy (non-hydrogen) atoms. The number of rotatable bonds is 2. The van der Waals surface area contributed by atoms with Gasteiger partial charge in [-0.25, -0.2) is 4.98 Å². The lowest BCUT2D eigenvalue weighted by atomic mass is 10.0. The first kappa shape index (κ1) is 9.04. The number of oxazole rings is 1. The SMILES string of the molecule is C/C(=C\c1coc(C)n1)C(C)C. The van der Waals surface area contributed by atoms with E-state index in [-0.39, 0.29) is 0 Å². The Kier molecular flexibility index (Phi) is 2.69. The van der Waals surface area contributed by atoms with Gasteiger partial charge < -0.3 is 4.42 Å². The zero-order valence-corrected chi connectivity index (χ0v) is 8.09. The van der Waals surface area contributed by atoms with Gasteiger partial charge in [-0.05, 0) is 18.9 Å². The fraction of sp³-hybridized carbons (Fsp3) is 0.500. The second-order valence-corrected chi connectivity index (χ2v) is 3.33. The zero-order valence-electron chi connectivity index (χ0n) is 8.09. The minimum atomic E-state index is 0.571. The minimum absolute atomic E-state index is 0.571. The highest BCUT2D eigenvalue weighted by molar-refractivity contribution is 5.47. The summed E-state index contributed by atoms with van der Waals surface area (Å²) in [6, 6.07) is 0. The smallest absolute Gasteiger partial charge is 0.191 e. The van der Waals surface area contributed by atoms with E-state index in [9.17, 15) is 0 Å². The van der Waals surface area contributed by atoms with Crippen LogP contribution in [0.25, 0.3) is 6.08 Å². The van der Waals surface area contributed by atoms with Crippen LogP contribution < -0.4 is 0 Å². The molecule has 0 aliphatic carbocycles. The second kappa shape index (κ2) is 3.57. The molecule has 0 bridgehead atoms. The Morgan fingerprint density at radius 1 is 1.58 bits per heavy atom. The monoisotopic (exact) mass is 165 g/mol. The van der Waals surface area contributed by atoms with Gasteiger partial charge in [0.15, 0.2) is 5.89 Å². The van der Waals surface area contributed by atoms with Crippen molar-refractivity contribution in [2.24, 2.45) is 5.92 Å². The van der Waals surface area contributed by atoms with Crippen molar-refractivity contribution in [2.45, 2.75) is 27.7 Å². The third-order valence-corrected chi connectivity index (χ3v) is 1.92. The molecule has 0 unspecified atom stereocenters. The number of hydrogen-bond acceptors (Lipinski definition) is 2. The molecular formula is C10H15NO. The highest BCUT2D eigenvalue weighted by Crippen LogP contribution is 2.13. The number of aryl methyl sites for hydroxylation is 1. The largest absolute Gasteiger partial charge is 0.449 e. The highest BCUT2D eigenvalue weighted by Gasteiger charge is 1.99. The quantitative estimate of drug-likeness (QED) is 0.673. The molecule has 0 amide bonds. The molecule has 1 aromatic rings. The summed E-state index contributed by atoms with van der Waals surface area (Å²) in [6.07, 6.45) is 3.74. The number of nitrogens with zero attached hydrogens (tertiary/aromatic N) is 1. The molecule has 0 atom stereocenters. The number of aromatic nitrogens is 1. The predicted octanol–water partition coefficient (Wildman–Crippen LogP) is 3.04. The molecule has 0 aromatic carbocycles. The molecule has 0 fully saturated rings. The highest BCUT2D eigenvalue weighted by atomic mass is 16.3. The van der Waals surface area contributed by atoms with Gasteiger partial charge in [0.1, 0.15) is 12.0 Å². The van der Waals surface area contributed by atoms with Gasteiger partial charge in [-0.15, -0.1) is 0 Å². The van der Waals surface area contributed by atoms with E-state index in [4.69, 9.17) is 4.42 Å². The summed E-state index contributed by atoms with van der Waals surface area (Å²) in [5.41, 5.74) is 2.24. The number of allylic oxidation sites excluding steroid dienone is 1. The van der Waals surface area contributed by atoms with E-state index in [1.54, 1.807) is 6.26 Å². The fourth-order valence-electron chi connectivity index (χ4n) is 0.846. The van der Waals surface area contributed by atoms with Crippen LogP contribution in [0.15, 0.2) is 16.3 Å². The van der Waals surface area contributed by atoms with Gasteiger partial charge in [0.05, 0.1) is 0 Å². The van der Waals surface area contributed by atoms with Crippen molar-refractivity contribution >= 4 is 6.08 Å². The van der Waals surface area contributed by atoms with Crippen molar-refractivity contribution < 1.29 is 4.42 Å². The summed E-state index contributed by atoms with van der Waals surface area (Å²) in [7, 11) is 0. The van der Waals surface area contributed by atoms with Crippen molar-refractivity contribution in [2.75, 3.05) is 0 Å². The molecule has 0 aliphatic rings. The lowest BCUT2D eigenvalue weighted by Crippen LogP contribution is -1.88. The molecule has 1 rings (SSSR count). The van der Waals surface area contributed by atoms with Crippen LogP contribution >= 0.6 is 0 Å². The molecule has 0 saturated heterocycles. The van der Waals surface area contributed by atoms with E-state index in [1.165, 1.54) is 5.57 Å². The standard InChI is InChI=1S/C10H15NO/c1-7(2)8(3)5-10-6-12-9(4)11-10/h5-7H,1-4H3/b8-5+. The van der Waals surface area contributed by atoms with Crippen molar-refractivity contribution in [3.63, 3.8) is 0 Å². The molecule has 2 heteroatoms. The Labute approximate surface area is 73.3 Å². The van der Waals surface area contributed by atoms with E-state index in [0.717, 1.165) is 11.6 Å². The van der Waals surface area contributed by atoms with Crippen molar-refractivity contribution in [3.8, 4) is 0 Å². The molecular weight excluding hydrogens is 150 g/mol. The first-order valence-electron chi connectivity index (χ1n) is 4.20. The average Bonchev–Trinajstić information content (AvgIpc) is 2.35. The maximum atomic E-state index is 5.09. The Balaban J connectivity index is 2.80. The van der Waals surface area contributed by atoms with Crippen LogP contribution in [-0.2, 0) is 0 Å². The van der Waals surface area contributed by atoms with E-state index >= 15 is 0 Å². The molecule has 1 aromatic heterocycles. The normalized spacial score (nSPS) is 12.6. The molecule has 0 aliphatic heterocycles. The van der Waals surface area contributed by atoms with E-state index in [0.29, 0.717) is 5.92 Å². The van der Waals surface area contributed by atoms with Crippen LogP contribution in [0.1, 0.15) is 32.4 Å². The molecule has 0 N–H and O–H groups in total. The Morgan fingerprint density at radius 3 is 2.67 bits per heavy atom. The lowest BCUT2D eigenvalue weighted by molar-refractivity contribution is 0.521. The molecule has 66 valence electrons. The molecule has 1 heterocycles. The van der Waals surface area contributed by atoms with Crippen LogP contribution in [0.4, 0.5) is 0 Å². The first-order valence-corrected chi connectivity index (χ1v) is 4.20. The van der Waals surface area contributed by atoms with Crippen molar-refractivity contribution in [1.29, 1.82) is 0 Å². The Hall–Kier alpha value is -1.05. The van der Waals surface area contributed by atoms with E-state index in [1.807, 2.05) is 6.92 Å². The second-order valence-electron chi connectivity index (χ2n) is 3.33. The predicted molar refractivity (Wildman–Crippen MR) is 49.7 cm³/mol. The van der Waals surface area contributed by atoms with Gasteiger partial charge in [-0.2, -0.15) is 0 Å². The van der Waals surface area contributed by atoms with Crippen LogP contribution in [0, 0.1) is 12.8 Å². The summed E-state index contributed by atoms with van der Waals surface area (Å²) in [5.74, 6) is 1.29. The molecule has 0 spiro atoms. The topological polar surface area (TPSA) is 26.0 Å². The maximum absolute atomic E-state index is 5.09. The van der Waals surface area contributed by atoms with Crippen molar-refractivity contribution in [3.05, 3.63) is 23.4 Å². The fourth-order valence-corrected chi connectivity index (χ4v) is 0.846. The lowest BCUT2D eigenvalue weighted by Gasteiger charge is -2.01. The maximum Gasteiger partial charge on any atom is 0.191 e. The minimum Gasteiger partial charge on any atom is -0.449 e. The van der Waals surface area contributed by atoms with Crippen LogP contribution in [0.5, 0.6) is 0 Å². The Morgan fingerprint density at radius 2 is 2.25 bits per heavy atom. The van der Waals surface area contributed by atoms with E-state index < -0.39 is 0 Å². The summed E-state index contributed by atoms with van der Waals surface area (Å²) in [5, 5.41) is 0. The summed E-state index contributed by atoms with van der Waals surface area (Å²) < 4.78 is 5.09. The summed E-state index contributed by atoms with van der Waals surface area (Å²) >= 11 is 0. The van der Waals surface area contributed by atoms with Crippen LogP contribution in [-0.4, -0.2) is 4.98 Å². The van der Waals surface area contributed by atoms with Gasteiger partial charge in [0.2, 0.25) is 0 Å². The Bertz CT molecular complexity index is 284. The van der Waals surface area contributed by atoms with Gasteiger partial charge >= 0.3 is 0 Å². The van der Waals surface area contributed by atoms with Crippen molar-refractivity contribution in [1.82, 2.24) is 4.98 Å². The molecule has 0 radical (unpaired) electrons. The average molecular weight is 165 g/mol. The first-order chi connectivity index (χ1) is 5.59. The molecule has 0 saturated carbocycles. The van der Waals surface area contributed by atoms with Gasteiger partial charge in [0.25, 0.3) is 0 Å². The van der Waals surface area contributed by atoms with Gasteiger partial charge in [0, 0.05) is 6.92 Å². The van der Waals surface area contributed by atoms with Gasteiger partial charge in [-0.1, -0.05) is 19.4 Å². The summed E-state index contributed by atoms with van der Waals surface area (Å²) in [6.45, 7) is 8.29. The number of hydrogen-bond donors (Lipinski definition) is 0. The van der Waals surface area contributed by atoms with Gasteiger partial charge in [-0.3, -0.25) is 0 Å². The van der Waals surface area contributed by atoms with Crippen LogP contribution in [0.3, 0.4) is 0 Å².